The van der Waals surface area contributed by atoms with Crippen LogP contribution in [0.2, 0.25) is 0 Å². The number of amides is 1. The molecule has 0 atom stereocenters. The van der Waals surface area contributed by atoms with Crippen LogP contribution in [0.1, 0.15) is 35.0 Å². The zero-order chi connectivity index (χ0) is 24.2. The molecule has 0 spiro atoms. The molecule has 174 valence electrons. The number of hydrogen-bond acceptors (Lipinski definition) is 4. The Kier molecular flexibility index (Phi) is 6.89. The topological polar surface area (TPSA) is 68.0 Å². The van der Waals surface area contributed by atoms with Gasteiger partial charge in [0.05, 0.1) is 11.1 Å². The van der Waals surface area contributed by atoms with Crippen molar-refractivity contribution < 1.29 is 35.7 Å². The Bertz CT molecular complexity index is 1120. The lowest BCUT2D eigenvalue weighted by molar-refractivity contribution is -0.143. The van der Waals surface area contributed by atoms with Crippen LogP contribution >= 0.6 is 0 Å². The van der Waals surface area contributed by atoms with Gasteiger partial charge in [-0.25, -0.2) is 0 Å². The zero-order valence-corrected chi connectivity index (χ0v) is 17.1. The van der Waals surface area contributed by atoms with Crippen molar-refractivity contribution in [3.8, 4) is 11.5 Å². The van der Waals surface area contributed by atoms with Gasteiger partial charge in [0.25, 0.3) is 5.89 Å². The van der Waals surface area contributed by atoms with E-state index in [-0.39, 0.29) is 11.6 Å². The van der Waals surface area contributed by atoms with E-state index in [4.69, 9.17) is 4.52 Å². The van der Waals surface area contributed by atoms with E-state index in [1.807, 2.05) is 6.92 Å². The number of halogens is 6. The van der Waals surface area contributed by atoms with Gasteiger partial charge in [-0.1, -0.05) is 24.2 Å². The highest BCUT2D eigenvalue weighted by Gasteiger charge is 2.36. The molecule has 1 aromatic heterocycles. The minimum atomic E-state index is -4.95. The van der Waals surface area contributed by atoms with Gasteiger partial charge in [-0.3, -0.25) is 4.79 Å². The number of benzene rings is 2. The summed E-state index contributed by atoms with van der Waals surface area (Å²) in [6.45, 7) is 1.38. The summed E-state index contributed by atoms with van der Waals surface area (Å²) in [5.74, 6) is 0.225. The van der Waals surface area contributed by atoms with Crippen molar-refractivity contribution >= 4 is 12.0 Å². The molecule has 0 aliphatic carbocycles. The van der Waals surface area contributed by atoms with Gasteiger partial charge in [-0.05, 0) is 47.5 Å². The van der Waals surface area contributed by atoms with Crippen molar-refractivity contribution in [1.82, 2.24) is 15.5 Å². The van der Waals surface area contributed by atoms with Crippen molar-refractivity contribution in [2.45, 2.75) is 32.2 Å². The van der Waals surface area contributed by atoms with Crippen molar-refractivity contribution in [3.05, 3.63) is 76.6 Å². The Morgan fingerprint density at radius 2 is 1.61 bits per heavy atom. The van der Waals surface area contributed by atoms with E-state index in [1.165, 1.54) is 6.08 Å². The molecule has 33 heavy (non-hydrogen) atoms. The fourth-order valence-electron chi connectivity index (χ4n) is 2.79. The Morgan fingerprint density at radius 1 is 1.00 bits per heavy atom. The molecule has 5 nitrogen and oxygen atoms in total. The average Bonchev–Trinajstić information content (AvgIpc) is 3.24. The molecule has 0 bridgehead atoms. The van der Waals surface area contributed by atoms with E-state index in [2.05, 4.69) is 15.5 Å². The smallest absolute Gasteiger partial charge is 0.348 e. The highest BCUT2D eigenvalue weighted by atomic mass is 19.4. The number of hydrogen-bond donors (Lipinski definition) is 1. The minimum Gasteiger partial charge on any atom is -0.348 e. The highest BCUT2D eigenvalue weighted by Crippen LogP contribution is 2.36. The van der Waals surface area contributed by atoms with E-state index in [1.54, 1.807) is 24.3 Å². The Morgan fingerprint density at radius 3 is 2.12 bits per heavy atom. The van der Waals surface area contributed by atoms with Gasteiger partial charge in [0.15, 0.2) is 5.82 Å². The Hall–Kier alpha value is -3.63. The summed E-state index contributed by atoms with van der Waals surface area (Å²) in [4.78, 5) is 16.2. The third kappa shape index (κ3) is 6.43. The van der Waals surface area contributed by atoms with Crippen LogP contribution in [0.15, 0.2) is 53.1 Å². The van der Waals surface area contributed by atoms with Crippen LogP contribution in [0.25, 0.3) is 17.5 Å². The minimum absolute atomic E-state index is 0.0340. The summed E-state index contributed by atoms with van der Waals surface area (Å²) in [5.41, 5.74) is -1.90. The van der Waals surface area contributed by atoms with Crippen LogP contribution in [0.4, 0.5) is 26.3 Å². The predicted molar refractivity (Wildman–Crippen MR) is 106 cm³/mol. The third-order valence-corrected chi connectivity index (χ3v) is 4.48. The normalized spacial score (nSPS) is 12.3. The molecule has 11 heteroatoms. The number of aromatic nitrogens is 2. The van der Waals surface area contributed by atoms with Crippen LogP contribution in [0.5, 0.6) is 0 Å². The first-order chi connectivity index (χ1) is 15.5. The SMILES string of the molecule is CCc1noc(-c2ccc(C=CC(=O)NCc3cc(C(F)(F)F)cc(C(F)(F)F)c3)cc2)n1. The molecule has 0 fully saturated rings. The van der Waals surface area contributed by atoms with Crippen molar-refractivity contribution in [3.63, 3.8) is 0 Å². The Balaban J connectivity index is 1.65. The number of carbonyl (C=O) groups excluding carboxylic acids is 1. The molecule has 1 heterocycles. The number of alkyl halides is 6. The van der Waals surface area contributed by atoms with Gasteiger partial charge in [0.1, 0.15) is 0 Å². The quantitative estimate of drug-likeness (QED) is 0.373. The van der Waals surface area contributed by atoms with Crippen LogP contribution in [-0.4, -0.2) is 16.0 Å². The fourth-order valence-corrected chi connectivity index (χ4v) is 2.79. The lowest BCUT2D eigenvalue weighted by Crippen LogP contribution is -2.21. The molecule has 3 rings (SSSR count). The van der Waals surface area contributed by atoms with E-state index in [9.17, 15) is 31.1 Å². The fraction of sp³-hybridized carbons (Fsp3) is 0.227. The summed E-state index contributed by atoms with van der Waals surface area (Å²) >= 11 is 0. The van der Waals surface area contributed by atoms with Gasteiger partial charge >= 0.3 is 12.4 Å². The first kappa shape index (κ1) is 24.0. The highest BCUT2D eigenvalue weighted by molar-refractivity contribution is 5.91. The molecular formula is C22H17F6N3O2. The van der Waals surface area contributed by atoms with E-state index < -0.39 is 35.9 Å². The molecule has 2 aromatic carbocycles. The average molecular weight is 469 g/mol. The lowest BCUT2D eigenvalue weighted by Gasteiger charge is -2.14. The standard InChI is InChI=1S/C22H17F6N3O2/c1-2-18-30-20(33-31-18)15-6-3-13(4-7-15)5-8-19(32)29-12-14-9-16(21(23,24)25)11-17(10-14)22(26,27)28/h3-11H,2,12H2,1H3,(H,29,32). The second-order valence-corrected chi connectivity index (χ2v) is 6.96. The van der Waals surface area contributed by atoms with Crippen LogP contribution < -0.4 is 5.32 Å². The molecule has 0 aliphatic rings. The van der Waals surface area contributed by atoms with Gasteiger partial charge in [0, 0.05) is 24.6 Å². The lowest BCUT2D eigenvalue weighted by atomic mass is 10.0. The molecule has 0 saturated heterocycles. The van der Waals surface area contributed by atoms with Crippen LogP contribution in [-0.2, 0) is 30.1 Å². The van der Waals surface area contributed by atoms with E-state index in [0.29, 0.717) is 41.4 Å². The number of rotatable bonds is 6. The van der Waals surface area contributed by atoms with Crippen molar-refractivity contribution in [2.24, 2.45) is 0 Å². The number of nitrogens with one attached hydrogen (secondary N) is 1. The van der Waals surface area contributed by atoms with Gasteiger partial charge < -0.3 is 9.84 Å². The van der Waals surface area contributed by atoms with Gasteiger partial charge in [0.2, 0.25) is 5.91 Å². The Labute approximate surface area is 184 Å². The van der Waals surface area contributed by atoms with E-state index >= 15 is 0 Å². The first-order valence-corrected chi connectivity index (χ1v) is 9.63. The van der Waals surface area contributed by atoms with Crippen LogP contribution in [0, 0.1) is 0 Å². The maximum Gasteiger partial charge on any atom is 0.416 e. The molecule has 0 radical (unpaired) electrons. The summed E-state index contributed by atoms with van der Waals surface area (Å²) in [7, 11) is 0. The monoisotopic (exact) mass is 469 g/mol. The van der Waals surface area contributed by atoms with Crippen molar-refractivity contribution in [1.29, 1.82) is 0 Å². The summed E-state index contributed by atoms with van der Waals surface area (Å²) in [6.07, 6.45) is -6.72. The molecule has 1 amide bonds. The first-order valence-electron chi connectivity index (χ1n) is 9.63. The summed E-state index contributed by atoms with van der Waals surface area (Å²) < 4.78 is 82.7. The molecule has 0 saturated carbocycles. The number of aryl methyl sites for hydroxylation is 1. The number of nitrogens with zero attached hydrogens (tertiary/aromatic N) is 2. The largest absolute Gasteiger partial charge is 0.416 e. The van der Waals surface area contributed by atoms with E-state index in [0.717, 1.165) is 6.08 Å². The molecule has 0 aliphatic heterocycles. The van der Waals surface area contributed by atoms with Gasteiger partial charge in [-0.15, -0.1) is 0 Å². The maximum atomic E-state index is 12.9. The number of carbonyl (C=O) groups is 1. The van der Waals surface area contributed by atoms with Crippen LogP contribution in [0.3, 0.4) is 0 Å². The third-order valence-electron chi connectivity index (χ3n) is 4.48. The van der Waals surface area contributed by atoms with Gasteiger partial charge in [-0.2, -0.15) is 31.3 Å². The molecule has 0 unspecified atom stereocenters. The van der Waals surface area contributed by atoms with Crippen molar-refractivity contribution in [2.75, 3.05) is 0 Å². The second-order valence-electron chi connectivity index (χ2n) is 6.96. The molecule has 3 aromatic rings. The molecule has 1 N–H and O–H groups in total. The maximum absolute atomic E-state index is 12.9. The predicted octanol–water partition coefficient (Wildman–Crippen LogP) is 5.67. The summed E-state index contributed by atoms with van der Waals surface area (Å²) in [5, 5.41) is 6.08. The summed E-state index contributed by atoms with van der Waals surface area (Å²) in [6, 6.07) is 7.93. The zero-order valence-electron chi connectivity index (χ0n) is 17.1. The second kappa shape index (κ2) is 9.47. The molecular weight excluding hydrogens is 452 g/mol.